The van der Waals surface area contributed by atoms with Crippen LogP contribution < -0.4 is 5.56 Å². The van der Waals surface area contributed by atoms with E-state index >= 15 is 0 Å². The van der Waals surface area contributed by atoms with Crippen molar-refractivity contribution in [2.75, 3.05) is 39.3 Å². The van der Waals surface area contributed by atoms with Crippen molar-refractivity contribution in [3.05, 3.63) is 28.4 Å². The Balaban J connectivity index is 1.21. The summed E-state index contributed by atoms with van der Waals surface area (Å²) in [4.78, 5) is 23.9. The Morgan fingerprint density at radius 1 is 1.00 bits per heavy atom. The molecule has 1 aromatic rings. The molecule has 3 fully saturated rings. The summed E-state index contributed by atoms with van der Waals surface area (Å²) in [7, 11) is 1.74. The molecule has 4 rings (SSSR count). The average Bonchev–Trinajstić information content (AvgIpc) is 2.62. The van der Waals surface area contributed by atoms with Crippen LogP contribution in [-0.2, 0) is 13.6 Å². The molecule has 6 nitrogen and oxygen atoms in total. The number of hydrogen-bond donors (Lipinski definition) is 0. The second kappa shape index (κ2) is 7.56. The monoisotopic (exact) mass is 345 g/mol. The Bertz CT molecular complexity index is 625. The summed E-state index contributed by atoms with van der Waals surface area (Å²) >= 11 is 0. The normalized spacial score (nSPS) is 25.2. The highest BCUT2D eigenvalue weighted by atomic mass is 16.1. The van der Waals surface area contributed by atoms with Crippen LogP contribution >= 0.6 is 0 Å². The lowest BCUT2D eigenvalue weighted by Crippen LogP contribution is -2.63. The molecule has 2 saturated heterocycles. The summed E-state index contributed by atoms with van der Waals surface area (Å²) in [5, 5.41) is 0. The summed E-state index contributed by atoms with van der Waals surface area (Å²) < 4.78 is 1.52. The van der Waals surface area contributed by atoms with Crippen molar-refractivity contribution in [3.8, 4) is 0 Å². The van der Waals surface area contributed by atoms with Gasteiger partial charge in [0, 0.05) is 71.0 Å². The van der Waals surface area contributed by atoms with E-state index in [1.165, 1.54) is 62.9 Å². The Kier molecular flexibility index (Phi) is 5.20. The fourth-order valence-electron chi connectivity index (χ4n) is 4.63. The Morgan fingerprint density at radius 2 is 1.64 bits per heavy atom. The molecule has 0 N–H and O–H groups in total. The van der Waals surface area contributed by atoms with Crippen LogP contribution in [0.3, 0.4) is 0 Å². The maximum atomic E-state index is 11.7. The van der Waals surface area contributed by atoms with Crippen molar-refractivity contribution >= 4 is 0 Å². The van der Waals surface area contributed by atoms with E-state index in [-0.39, 0.29) is 5.56 Å². The maximum absolute atomic E-state index is 11.7. The minimum absolute atomic E-state index is 0.0286. The van der Waals surface area contributed by atoms with Gasteiger partial charge in [0.1, 0.15) is 0 Å². The minimum atomic E-state index is 0.0286. The SMILES string of the molecule is Cn1cnc(CN2CC(N3CCN(C4CCCCC4)CC3)C2)cc1=O. The first-order valence-electron chi connectivity index (χ1n) is 9.91. The van der Waals surface area contributed by atoms with Crippen LogP contribution in [0.5, 0.6) is 0 Å². The Hall–Kier alpha value is -1.24. The Labute approximate surface area is 150 Å². The second-order valence-corrected chi connectivity index (χ2v) is 8.04. The van der Waals surface area contributed by atoms with Crippen molar-refractivity contribution in [2.24, 2.45) is 7.05 Å². The van der Waals surface area contributed by atoms with Gasteiger partial charge in [-0.25, -0.2) is 4.98 Å². The van der Waals surface area contributed by atoms with E-state index in [1.54, 1.807) is 19.4 Å². The van der Waals surface area contributed by atoms with Gasteiger partial charge in [0.15, 0.2) is 0 Å². The zero-order valence-electron chi connectivity index (χ0n) is 15.4. The van der Waals surface area contributed by atoms with E-state index in [0.717, 1.165) is 31.4 Å². The highest BCUT2D eigenvalue weighted by Crippen LogP contribution is 2.25. The van der Waals surface area contributed by atoms with Gasteiger partial charge in [0.25, 0.3) is 5.56 Å². The number of piperazine rings is 1. The zero-order valence-corrected chi connectivity index (χ0v) is 15.4. The molecule has 1 aromatic heterocycles. The summed E-state index contributed by atoms with van der Waals surface area (Å²) in [6.45, 7) is 7.96. The molecule has 3 heterocycles. The largest absolute Gasteiger partial charge is 0.302 e. The lowest BCUT2D eigenvalue weighted by atomic mass is 9.93. The maximum Gasteiger partial charge on any atom is 0.253 e. The summed E-state index contributed by atoms with van der Waals surface area (Å²) in [6, 6.07) is 3.22. The number of hydrogen-bond acceptors (Lipinski definition) is 5. The van der Waals surface area contributed by atoms with Crippen LogP contribution in [-0.4, -0.2) is 75.6 Å². The van der Waals surface area contributed by atoms with Crippen molar-refractivity contribution in [2.45, 2.75) is 50.7 Å². The van der Waals surface area contributed by atoms with Crippen LogP contribution in [0.2, 0.25) is 0 Å². The van der Waals surface area contributed by atoms with E-state index in [1.807, 2.05) is 0 Å². The zero-order chi connectivity index (χ0) is 17.2. The molecule has 0 aromatic carbocycles. The molecule has 1 saturated carbocycles. The topological polar surface area (TPSA) is 44.6 Å². The minimum Gasteiger partial charge on any atom is -0.302 e. The third-order valence-corrected chi connectivity index (χ3v) is 6.31. The molecule has 0 unspecified atom stereocenters. The molecule has 0 spiro atoms. The van der Waals surface area contributed by atoms with E-state index in [0.29, 0.717) is 6.04 Å². The molecule has 0 atom stereocenters. The van der Waals surface area contributed by atoms with Crippen LogP contribution in [0.15, 0.2) is 17.2 Å². The second-order valence-electron chi connectivity index (χ2n) is 8.04. The smallest absolute Gasteiger partial charge is 0.253 e. The van der Waals surface area contributed by atoms with Gasteiger partial charge < -0.3 is 4.57 Å². The number of aromatic nitrogens is 2. The molecule has 25 heavy (non-hydrogen) atoms. The van der Waals surface area contributed by atoms with Crippen LogP contribution in [0.25, 0.3) is 0 Å². The van der Waals surface area contributed by atoms with Gasteiger partial charge in [-0.1, -0.05) is 19.3 Å². The molecule has 0 radical (unpaired) electrons. The predicted molar refractivity (Wildman–Crippen MR) is 98.6 cm³/mol. The number of rotatable bonds is 4. The molecule has 1 aliphatic carbocycles. The average molecular weight is 345 g/mol. The van der Waals surface area contributed by atoms with Gasteiger partial charge in [-0.05, 0) is 12.8 Å². The molecule has 138 valence electrons. The van der Waals surface area contributed by atoms with E-state index < -0.39 is 0 Å². The lowest BCUT2D eigenvalue weighted by Gasteiger charge is -2.49. The van der Waals surface area contributed by atoms with Crippen LogP contribution in [0.4, 0.5) is 0 Å². The highest BCUT2D eigenvalue weighted by Gasteiger charge is 2.34. The quantitative estimate of drug-likeness (QED) is 0.812. The van der Waals surface area contributed by atoms with E-state index in [9.17, 15) is 4.79 Å². The third-order valence-electron chi connectivity index (χ3n) is 6.31. The summed E-state index contributed by atoms with van der Waals surface area (Å²) in [5.41, 5.74) is 0.921. The first-order valence-corrected chi connectivity index (χ1v) is 9.91. The summed E-state index contributed by atoms with van der Waals surface area (Å²) in [5.74, 6) is 0. The van der Waals surface area contributed by atoms with E-state index in [4.69, 9.17) is 0 Å². The first kappa shape index (κ1) is 17.2. The number of nitrogens with zero attached hydrogens (tertiary/aromatic N) is 5. The molecule has 0 amide bonds. The molecular weight excluding hydrogens is 314 g/mol. The van der Waals surface area contributed by atoms with Crippen LogP contribution in [0, 0.1) is 0 Å². The standard InChI is InChI=1S/C19H31N5O/c1-21-15-20-16(11-19(21)25)12-22-13-18(14-22)24-9-7-23(8-10-24)17-5-3-2-4-6-17/h11,15,17-18H,2-10,12-14H2,1H3. The molecule has 6 heteroatoms. The van der Waals surface area contributed by atoms with Gasteiger partial charge in [0.2, 0.25) is 0 Å². The van der Waals surface area contributed by atoms with Gasteiger partial charge in [0.05, 0.1) is 12.0 Å². The molecule has 0 bridgehead atoms. The lowest BCUT2D eigenvalue weighted by molar-refractivity contribution is -0.0108. The predicted octanol–water partition coefficient (Wildman–Crippen LogP) is 0.915. The fraction of sp³-hybridized carbons (Fsp3) is 0.789. The third kappa shape index (κ3) is 3.96. The van der Waals surface area contributed by atoms with Gasteiger partial charge in [-0.2, -0.15) is 0 Å². The molecule has 3 aliphatic rings. The van der Waals surface area contributed by atoms with Crippen molar-refractivity contribution in [1.29, 1.82) is 0 Å². The van der Waals surface area contributed by atoms with Crippen molar-refractivity contribution in [1.82, 2.24) is 24.3 Å². The molecule has 2 aliphatic heterocycles. The fourth-order valence-corrected chi connectivity index (χ4v) is 4.63. The first-order chi connectivity index (χ1) is 12.2. The number of aryl methyl sites for hydroxylation is 1. The van der Waals surface area contributed by atoms with Gasteiger partial charge >= 0.3 is 0 Å². The van der Waals surface area contributed by atoms with Gasteiger partial charge in [-0.15, -0.1) is 0 Å². The Morgan fingerprint density at radius 3 is 2.28 bits per heavy atom. The van der Waals surface area contributed by atoms with Gasteiger partial charge in [-0.3, -0.25) is 19.5 Å². The number of likely N-dealkylation sites (tertiary alicyclic amines) is 1. The van der Waals surface area contributed by atoms with E-state index in [2.05, 4.69) is 19.7 Å². The summed E-state index contributed by atoms with van der Waals surface area (Å²) in [6.07, 6.45) is 8.76. The van der Waals surface area contributed by atoms with Crippen molar-refractivity contribution < 1.29 is 0 Å². The van der Waals surface area contributed by atoms with Crippen LogP contribution in [0.1, 0.15) is 37.8 Å². The van der Waals surface area contributed by atoms with Crippen molar-refractivity contribution in [3.63, 3.8) is 0 Å². The highest BCUT2D eigenvalue weighted by molar-refractivity contribution is 5.02. The molecular formula is C19H31N5O.